The summed E-state index contributed by atoms with van der Waals surface area (Å²) in [7, 11) is 0. The van der Waals surface area contributed by atoms with E-state index in [1.807, 2.05) is 11.8 Å². The molecule has 1 aromatic carbocycles. The Balaban J connectivity index is 1.85. The zero-order chi connectivity index (χ0) is 28.1. The number of hydrogen-bond donors (Lipinski definition) is 0. The Labute approximate surface area is 244 Å². The zero-order valence-electron chi connectivity index (χ0n) is 25.4. The van der Waals surface area contributed by atoms with Gasteiger partial charge >= 0.3 is 0 Å². The van der Waals surface area contributed by atoms with Gasteiger partial charge < -0.3 is 14.2 Å². The number of unbranched alkanes of at least 4 members (excludes halogenated alkanes) is 1. The van der Waals surface area contributed by atoms with Gasteiger partial charge in [0.2, 0.25) is 0 Å². The molecule has 2 unspecified atom stereocenters. The van der Waals surface area contributed by atoms with Gasteiger partial charge in [0.25, 0.3) is 0 Å². The fourth-order valence-corrected chi connectivity index (χ4v) is 5.77. The van der Waals surface area contributed by atoms with Crippen LogP contribution in [0.15, 0.2) is 81.8 Å². The van der Waals surface area contributed by atoms with E-state index in [1.165, 1.54) is 40.0 Å². The summed E-state index contributed by atoms with van der Waals surface area (Å²) in [6.45, 7) is 14.3. The highest BCUT2D eigenvalue weighted by atomic mass is 32.2. The van der Waals surface area contributed by atoms with Gasteiger partial charge in [0, 0.05) is 23.4 Å². The molecule has 3 nitrogen and oxygen atoms in total. The van der Waals surface area contributed by atoms with Gasteiger partial charge in [-0.05, 0) is 97.6 Å². The highest BCUT2D eigenvalue weighted by molar-refractivity contribution is 8.00. The molecule has 0 aromatic heterocycles. The third-order valence-electron chi connectivity index (χ3n) is 6.91. The van der Waals surface area contributed by atoms with Crippen LogP contribution in [0.4, 0.5) is 0 Å². The van der Waals surface area contributed by atoms with Crippen LogP contribution in [0.3, 0.4) is 0 Å². The summed E-state index contributed by atoms with van der Waals surface area (Å²) in [5.74, 6) is 0. The Morgan fingerprint density at radius 2 is 1.69 bits per heavy atom. The average Bonchev–Trinajstić information content (AvgIpc) is 2.93. The van der Waals surface area contributed by atoms with Gasteiger partial charge in [-0.3, -0.25) is 0 Å². The predicted molar refractivity (Wildman–Crippen MR) is 169 cm³/mol. The lowest BCUT2D eigenvalue weighted by Gasteiger charge is -2.22. The van der Waals surface area contributed by atoms with E-state index in [1.54, 1.807) is 0 Å². The van der Waals surface area contributed by atoms with Crippen LogP contribution >= 0.6 is 11.8 Å². The molecule has 2 rings (SSSR count). The molecule has 0 saturated carbocycles. The van der Waals surface area contributed by atoms with E-state index < -0.39 is 0 Å². The smallest absolute Gasteiger partial charge is 0.158 e. The van der Waals surface area contributed by atoms with Crippen molar-refractivity contribution in [3.63, 3.8) is 0 Å². The van der Waals surface area contributed by atoms with Crippen molar-refractivity contribution in [3.05, 3.63) is 76.9 Å². The van der Waals surface area contributed by atoms with Crippen LogP contribution in [0, 0.1) is 0 Å². The highest BCUT2D eigenvalue weighted by Gasteiger charge is 2.14. The van der Waals surface area contributed by atoms with E-state index in [-0.39, 0.29) is 6.29 Å². The molecule has 1 aliphatic heterocycles. The van der Waals surface area contributed by atoms with Crippen LogP contribution in [-0.4, -0.2) is 38.0 Å². The molecule has 0 radical (unpaired) electrons. The maximum Gasteiger partial charge on any atom is 0.158 e. The second-order valence-electron chi connectivity index (χ2n) is 11.0. The summed E-state index contributed by atoms with van der Waals surface area (Å²) in [6.07, 6.45) is 20.6. The number of benzene rings is 1. The Bertz CT molecular complexity index is 894. The van der Waals surface area contributed by atoms with E-state index in [0.29, 0.717) is 11.9 Å². The Hall–Kier alpha value is -1.59. The molecule has 39 heavy (non-hydrogen) atoms. The molecule has 0 aliphatic carbocycles. The van der Waals surface area contributed by atoms with Gasteiger partial charge in [-0.1, -0.05) is 78.1 Å². The zero-order valence-corrected chi connectivity index (χ0v) is 26.2. The van der Waals surface area contributed by atoms with Crippen molar-refractivity contribution < 1.29 is 14.2 Å². The second kappa shape index (κ2) is 21.2. The molecule has 2 atom stereocenters. The van der Waals surface area contributed by atoms with Gasteiger partial charge in [0.15, 0.2) is 6.29 Å². The van der Waals surface area contributed by atoms with Gasteiger partial charge in [0.05, 0.1) is 13.2 Å². The first-order valence-corrected chi connectivity index (χ1v) is 16.0. The van der Waals surface area contributed by atoms with Crippen LogP contribution in [-0.2, 0) is 14.2 Å². The van der Waals surface area contributed by atoms with Gasteiger partial charge in [0.1, 0.15) is 0 Å². The second-order valence-corrected chi connectivity index (χ2v) is 12.3. The monoisotopic (exact) mass is 554 g/mol. The third-order valence-corrected chi connectivity index (χ3v) is 8.06. The van der Waals surface area contributed by atoms with Crippen LogP contribution < -0.4 is 0 Å². The van der Waals surface area contributed by atoms with Crippen molar-refractivity contribution in [1.82, 2.24) is 0 Å². The molecule has 0 amide bonds. The predicted octanol–water partition coefficient (Wildman–Crippen LogP) is 10.2. The molecule has 1 fully saturated rings. The lowest BCUT2D eigenvalue weighted by Crippen LogP contribution is -2.22. The first-order valence-electron chi connectivity index (χ1n) is 15.1. The van der Waals surface area contributed by atoms with E-state index in [0.717, 1.165) is 71.2 Å². The standard InChI is InChI=1S/C35H54O3S/c1-6-7-23-36-25-22-29(2)15-13-16-30(3)26-34(39-33-19-9-8-10-20-33)27-31(4)17-14-18-32(5)28-38-35-21-11-12-24-37-35/h8-10,16,18-20,22,27,34-35H,6-7,11-15,17,21,23-26,28H2,1-5H3/b29-22+,30-16+,31-27+,32-18+. The van der Waals surface area contributed by atoms with Crippen molar-refractivity contribution in [3.8, 4) is 0 Å². The van der Waals surface area contributed by atoms with E-state index in [4.69, 9.17) is 14.2 Å². The quantitative estimate of drug-likeness (QED) is 0.0966. The van der Waals surface area contributed by atoms with Crippen LogP contribution in [0.5, 0.6) is 0 Å². The summed E-state index contributed by atoms with van der Waals surface area (Å²) >= 11 is 1.97. The molecule has 1 aromatic rings. The number of hydrogen-bond acceptors (Lipinski definition) is 4. The Morgan fingerprint density at radius 1 is 0.949 bits per heavy atom. The topological polar surface area (TPSA) is 27.7 Å². The molecule has 218 valence electrons. The van der Waals surface area contributed by atoms with Crippen molar-refractivity contribution in [1.29, 1.82) is 0 Å². The normalized spacial score (nSPS) is 18.4. The van der Waals surface area contributed by atoms with Crippen LogP contribution in [0.1, 0.15) is 98.8 Å². The number of rotatable bonds is 19. The maximum absolute atomic E-state index is 5.93. The minimum atomic E-state index is -0.0136. The van der Waals surface area contributed by atoms with Crippen molar-refractivity contribution in [2.45, 2.75) is 115 Å². The molecule has 1 saturated heterocycles. The van der Waals surface area contributed by atoms with Gasteiger partial charge in [-0.15, -0.1) is 11.8 Å². The lowest BCUT2D eigenvalue weighted by atomic mass is 10.0. The molecular weight excluding hydrogens is 500 g/mol. The molecule has 4 heteroatoms. The Kier molecular flexibility index (Phi) is 18.3. The average molecular weight is 555 g/mol. The fourth-order valence-electron chi connectivity index (χ4n) is 4.46. The van der Waals surface area contributed by atoms with E-state index in [9.17, 15) is 0 Å². The summed E-state index contributed by atoms with van der Waals surface area (Å²) in [5, 5.41) is 0.434. The first-order chi connectivity index (χ1) is 19.0. The maximum atomic E-state index is 5.93. The number of allylic oxidation sites excluding steroid dienone is 5. The summed E-state index contributed by atoms with van der Waals surface area (Å²) in [6, 6.07) is 10.8. The summed E-state index contributed by atoms with van der Waals surface area (Å²) in [4.78, 5) is 1.33. The van der Waals surface area contributed by atoms with E-state index >= 15 is 0 Å². The summed E-state index contributed by atoms with van der Waals surface area (Å²) < 4.78 is 17.3. The summed E-state index contributed by atoms with van der Waals surface area (Å²) in [5.41, 5.74) is 5.64. The minimum Gasteiger partial charge on any atom is -0.377 e. The largest absolute Gasteiger partial charge is 0.377 e. The first kappa shape index (κ1) is 33.6. The highest BCUT2D eigenvalue weighted by Crippen LogP contribution is 2.30. The Morgan fingerprint density at radius 3 is 2.41 bits per heavy atom. The molecule has 1 aliphatic rings. The van der Waals surface area contributed by atoms with E-state index in [2.05, 4.69) is 89.3 Å². The molecular formula is C35H54O3S. The molecule has 0 N–H and O–H groups in total. The third kappa shape index (κ3) is 17.0. The van der Waals surface area contributed by atoms with Gasteiger partial charge in [-0.25, -0.2) is 0 Å². The lowest BCUT2D eigenvalue weighted by molar-refractivity contribution is -0.156. The number of thioether (sulfide) groups is 1. The van der Waals surface area contributed by atoms with Gasteiger partial charge in [-0.2, -0.15) is 0 Å². The van der Waals surface area contributed by atoms with Crippen molar-refractivity contribution in [2.75, 3.05) is 26.4 Å². The SMILES string of the molecule is CCCCOC/C=C(\C)CC/C=C(\C)CC(/C=C(\C)CC/C=C(\C)COC1CCCCO1)Sc1ccccc1. The van der Waals surface area contributed by atoms with Crippen molar-refractivity contribution >= 4 is 11.8 Å². The molecule has 1 heterocycles. The minimum absolute atomic E-state index is 0.0136. The molecule has 0 bridgehead atoms. The van der Waals surface area contributed by atoms with Crippen LogP contribution in [0.25, 0.3) is 0 Å². The fraction of sp³-hybridized carbons (Fsp3) is 0.600. The number of ether oxygens (including phenoxy) is 3. The molecule has 0 spiro atoms. The van der Waals surface area contributed by atoms with Crippen molar-refractivity contribution in [2.24, 2.45) is 0 Å². The van der Waals surface area contributed by atoms with Crippen LogP contribution in [0.2, 0.25) is 0 Å².